The van der Waals surface area contributed by atoms with Crippen LogP contribution in [0.2, 0.25) is 5.02 Å². The molecule has 2 aliphatic rings. The van der Waals surface area contributed by atoms with Gasteiger partial charge in [-0.15, -0.1) is 0 Å². The summed E-state index contributed by atoms with van der Waals surface area (Å²) in [5, 5.41) is 1.10. The summed E-state index contributed by atoms with van der Waals surface area (Å²) in [5.74, 6) is -0.111. The SMILES string of the molecule is Cc1cc(/C=C2/C(=O)N(c3ccc(Cl)cc3)C(=S)N2C)c(C)n1C1CCCC1. The molecule has 28 heavy (non-hydrogen) atoms. The van der Waals surface area contributed by atoms with Crippen molar-refractivity contribution in [2.75, 3.05) is 11.9 Å². The highest BCUT2D eigenvalue weighted by Gasteiger charge is 2.37. The molecule has 0 radical (unpaired) electrons. The van der Waals surface area contributed by atoms with Crippen LogP contribution in [0, 0.1) is 13.8 Å². The van der Waals surface area contributed by atoms with E-state index in [1.165, 1.54) is 37.1 Å². The first-order valence-electron chi connectivity index (χ1n) is 9.66. The minimum absolute atomic E-state index is 0.111. The average molecular weight is 414 g/mol. The Hall–Kier alpha value is -2.11. The van der Waals surface area contributed by atoms with Gasteiger partial charge in [0.05, 0.1) is 5.69 Å². The van der Waals surface area contributed by atoms with Gasteiger partial charge in [0.25, 0.3) is 5.91 Å². The lowest BCUT2D eigenvalue weighted by molar-refractivity contribution is -0.114. The van der Waals surface area contributed by atoms with Gasteiger partial charge in [0.1, 0.15) is 5.70 Å². The Bertz CT molecular complexity index is 970. The van der Waals surface area contributed by atoms with E-state index in [4.69, 9.17) is 23.8 Å². The fraction of sp³-hybridized carbons (Fsp3) is 0.364. The number of anilines is 1. The van der Waals surface area contributed by atoms with Crippen LogP contribution in [0.4, 0.5) is 5.69 Å². The van der Waals surface area contributed by atoms with Crippen LogP contribution >= 0.6 is 23.8 Å². The Kier molecular flexibility index (Phi) is 5.06. The van der Waals surface area contributed by atoms with E-state index in [2.05, 4.69) is 24.5 Å². The van der Waals surface area contributed by atoms with E-state index in [0.717, 1.165) is 11.3 Å². The molecule has 2 heterocycles. The largest absolute Gasteiger partial charge is 0.346 e. The Morgan fingerprint density at radius 1 is 1.14 bits per heavy atom. The number of aryl methyl sites for hydroxylation is 1. The zero-order chi connectivity index (χ0) is 20.0. The van der Waals surface area contributed by atoms with Crippen molar-refractivity contribution in [2.24, 2.45) is 0 Å². The van der Waals surface area contributed by atoms with Crippen molar-refractivity contribution in [3.05, 3.63) is 58.0 Å². The van der Waals surface area contributed by atoms with Gasteiger partial charge in [-0.3, -0.25) is 9.69 Å². The molecule has 1 aromatic carbocycles. The van der Waals surface area contributed by atoms with Crippen molar-refractivity contribution in [3.8, 4) is 0 Å². The lowest BCUT2D eigenvalue weighted by Gasteiger charge is -2.17. The van der Waals surface area contributed by atoms with Gasteiger partial charge in [-0.05, 0) is 80.9 Å². The molecule has 146 valence electrons. The summed E-state index contributed by atoms with van der Waals surface area (Å²) in [4.78, 5) is 16.5. The lowest BCUT2D eigenvalue weighted by Crippen LogP contribution is -2.31. The number of hydrogen-bond acceptors (Lipinski definition) is 2. The van der Waals surface area contributed by atoms with Gasteiger partial charge in [-0.25, -0.2) is 0 Å². The van der Waals surface area contributed by atoms with E-state index in [9.17, 15) is 4.79 Å². The first-order valence-corrected chi connectivity index (χ1v) is 10.4. The summed E-state index contributed by atoms with van der Waals surface area (Å²) in [6, 6.07) is 9.92. The van der Waals surface area contributed by atoms with Gasteiger partial charge in [-0.2, -0.15) is 0 Å². The number of carbonyl (C=O) groups excluding carboxylic acids is 1. The lowest BCUT2D eigenvalue weighted by atomic mass is 10.2. The van der Waals surface area contributed by atoms with Crippen LogP contribution in [-0.4, -0.2) is 27.5 Å². The predicted octanol–water partition coefficient (Wildman–Crippen LogP) is 5.48. The first kappa shape index (κ1) is 19.2. The maximum absolute atomic E-state index is 13.2. The summed E-state index contributed by atoms with van der Waals surface area (Å²) >= 11 is 11.5. The number of benzene rings is 1. The van der Waals surface area contributed by atoms with E-state index < -0.39 is 0 Å². The minimum atomic E-state index is -0.111. The van der Waals surface area contributed by atoms with Crippen LogP contribution in [0.25, 0.3) is 6.08 Å². The number of likely N-dealkylation sites (N-methyl/N-ethyl adjacent to an activating group) is 1. The molecule has 0 unspecified atom stereocenters. The van der Waals surface area contributed by atoms with E-state index in [1.54, 1.807) is 21.9 Å². The molecule has 1 saturated heterocycles. The molecule has 1 aliphatic carbocycles. The molecule has 1 aliphatic heterocycles. The third-order valence-electron chi connectivity index (χ3n) is 5.85. The normalized spacial score (nSPS) is 19.5. The highest BCUT2D eigenvalue weighted by Crippen LogP contribution is 2.35. The minimum Gasteiger partial charge on any atom is -0.346 e. The maximum atomic E-state index is 13.2. The fourth-order valence-electron chi connectivity index (χ4n) is 4.39. The highest BCUT2D eigenvalue weighted by molar-refractivity contribution is 7.80. The standard InChI is InChI=1S/C22H24ClN3OS/c1-14-12-16(15(2)25(14)18-6-4-5-7-18)13-20-21(27)26(22(28)24(20)3)19-10-8-17(23)9-11-19/h8-13,18H,4-7H2,1-3H3/b20-13-. The van der Waals surface area contributed by atoms with Crippen LogP contribution in [-0.2, 0) is 4.79 Å². The van der Waals surface area contributed by atoms with Crippen LogP contribution < -0.4 is 4.90 Å². The zero-order valence-corrected chi connectivity index (χ0v) is 18.0. The third kappa shape index (κ3) is 3.16. The van der Waals surface area contributed by atoms with Crippen molar-refractivity contribution >= 4 is 46.6 Å². The summed E-state index contributed by atoms with van der Waals surface area (Å²) in [6.07, 6.45) is 7.03. The molecular weight excluding hydrogens is 390 g/mol. The van der Waals surface area contributed by atoms with Crippen LogP contribution in [0.5, 0.6) is 0 Å². The number of thiocarbonyl (C=S) groups is 1. The summed E-state index contributed by atoms with van der Waals surface area (Å²) < 4.78 is 2.44. The zero-order valence-electron chi connectivity index (χ0n) is 16.4. The quantitative estimate of drug-likeness (QED) is 0.492. The van der Waals surface area contributed by atoms with Gasteiger partial charge in [0, 0.05) is 29.5 Å². The third-order valence-corrected chi connectivity index (χ3v) is 6.56. The Balaban J connectivity index is 1.70. The predicted molar refractivity (Wildman–Crippen MR) is 119 cm³/mol. The second-order valence-corrected chi connectivity index (χ2v) is 8.42. The summed E-state index contributed by atoms with van der Waals surface area (Å²) in [5.41, 5.74) is 4.87. The Morgan fingerprint density at radius 2 is 1.79 bits per heavy atom. The van der Waals surface area contributed by atoms with Gasteiger partial charge in [-0.1, -0.05) is 24.4 Å². The number of halogens is 1. The maximum Gasteiger partial charge on any atom is 0.281 e. The van der Waals surface area contributed by atoms with E-state index in [1.807, 2.05) is 25.3 Å². The smallest absolute Gasteiger partial charge is 0.281 e. The molecule has 4 nitrogen and oxygen atoms in total. The van der Waals surface area contributed by atoms with Crippen molar-refractivity contribution in [3.63, 3.8) is 0 Å². The molecule has 0 spiro atoms. The molecular formula is C22H24ClN3OS. The fourth-order valence-corrected chi connectivity index (χ4v) is 4.81. The molecule has 0 atom stereocenters. The van der Waals surface area contributed by atoms with E-state index >= 15 is 0 Å². The van der Waals surface area contributed by atoms with Crippen LogP contribution in [0.1, 0.15) is 48.7 Å². The number of amides is 1. The van der Waals surface area contributed by atoms with Gasteiger partial charge in [0.15, 0.2) is 5.11 Å². The van der Waals surface area contributed by atoms with Crippen molar-refractivity contribution < 1.29 is 4.79 Å². The summed E-state index contributed by atoms with van der Waals surface area (Å²) in [7, 11) is 1.85. The number of nitrogens with zero attached hydrogens (tertiary/aromatic N) is 3. The van der Waals surface area contributed by atoms with Gasteiger partial charge in [0.2, 0.25) is 0 Å². The topological polar surface area (TPSA) is 28.5 Å². The van der Waals surface area contributed by atoms with E-state index in [0.29, 0.717) is 21.9 Å². The monoisotopic (exact) mass is 413 g/mol. The van der Waals surface area contributed by atoms with Crippen molar-refractivity contribution in [1.29, 1.82) is 0 Å². The van der Waals surface area contributed by atoms with Crippen molar-refractivity contribution in [1.82, 2.24) is 9.47 Å². The molecule has 6 heteroatoms. The van der Waals surface area contributed by atoms with E-state index in [-0.39, 0.29) is 5.91 Å². The number of aromatic nitrogens is 1. The molecule has 4 rings (SSSR count). The highest BCUT2D eigenvalue weighted by atomic mass is 35.5. The van der Waals surface area contributed by atoms with Crippen molar-refractivity contribution in [2.45, 2.75) is 45.6 Å². The molecule has 1 saturated carbocycles. The summed E-state index contributed by atoms with van der Waals surface area (Å²) in [6.45, 7) is 4.30. The second kappa shape index (κ2) is 7.37. The van der Waals surface area contributed by atoms with Gasteiger partial charge >= 0.3 is 0 Å². The average Bonchev–Trinajstić information content (AvgIpc) is 3.33. The second-order valence-electron chi connectivity index (χ2n) is 7.62. The Labute approximate surface area is 176 Å². The molecule has 2 fully saturated rings. The number of carbonyl (C=O) groups is 1. The molecule has 0 bridgehead atoms. The molecule has 2 aromatic rings. The van der Waals surface area contributed by atoms with Crippen LogP contribution in [0.3, 0.4) is 0 Å². The number of hydrogen-bond donors (Lipinski definition) is 0. The number of rotatable bonds is 3. The first-order chi connectivity index (χ1) is 13.4. The molecule has 1 aromatic heterocycles. The Morgan fingerprint density at radius 3 is 2.43 bits per heavy atom. The van der Waals surface area contributed by atoms with Crippen LogP contribution in [0.15, 0.2) is 36.0 Å². The molecule has 1 amide bonds. The molecule has 0 N–H and O–H groups in total. The van der Waals surface area contributed by atoms with Gasteiger partial charge < -0.3 is 9.47 Å².